The average molecular weight is 713 g/mol. The highest BCUT2D eigenvalue weighted by Gasteiger charge is 2.49. The smallest absolute Gasteiger partial charge is 0.365 e. The number of benzene rings is 4. The van der Waals surface area contributed by atoms with Crippen molar-refractivity contribution in [2.45, 2.75) is 54.9 Å². The lowest BCUT2D eigenvalue weighted by atomic mass is 9.73. The minimum atomic E-state index is -4.54. The van der Waals surface area contributed by atoms with Crippen molar-refractivity contribution in [3.05, 3.63) is 119 Å². The van der Waals surface area contributed by atoms with Gasteiger partial charge in [0.1, 0.15) is 17.4 Å². The molecular weight excluding hydrogens is 678 g/mol. The maximum absolute atomic E-state index is 13.7. The van der Waals surface area contributed by atoms with Crippen LogP contribution < -0.4 is 10.6 Å². The Hall–Kier alpha value is -4.29. The highest BCUT2D eigenvalue weighted by Crippen LogP contribution is 2.51. The Morgan fingerprint density at radius 1 is 0.780 bits per heavy atom. The standard InChI is InChI=1S/C38H34F6N2O3S/c39-37(40,41)23-45-35(48)36(31-13-5-3-10-28(31)29-11-4-6-14-32(29)36)20-8-7-15-33-49-21-26(22-50-33)46-34(47)30-12-2-1-9-27(30)24-16-18-25(19-17-24)38(42,43)44/h1-6,9-14,16-19,26,33H,7-8,15,20-23H2,(H,45,48)(H,46,47)/t26-,33+/m1/s1. The summed E-state index contributed by atoms with van der Waals surface area (Å²) in [4.78, 5) is 27.0. The number of carbonyl (C=O) groups excluding carboxylic acids is 2. The second-order valence-corrected chi connectivity index (χ2v) is 13.6. The molecule has 1 fully saturated rings. The number of amides is 2. The molecule has 2 amide bonds. The van der Waals surface area contributed by atoms with Crippen molar-refractivity contribution in [3.8, 4) is 22.3 Å². The molecule has 4 aromatic rings. The first-order valence-electron chi connectivity index (χ1n) is 16.2. The van der Waals surface area contributed by atoms with E-state index in [2.05, 4.69) is 10.6 Å². The third kappa shape index (κ3) is 7.56. The molecule has 0 spiro atoms. The quantitative estimate of drug-likeness (QED) is 0.128. The Morgan fingerprint density at radius 2 is 1.38 bits per heavy atom. The van der Waals surface area contributed by atoms with Crippen LogP contribution in [0.2, 0.25) is 0 Å². The van der Waals surface area contributed by atoms with Crippen LogP contribution in [0.5, 0.6) is 0 Å². The molecular formula is C38H34F6N2O3S. The minimum Gasteiger partial charge on any atom is -0.365 e. The predicted molar refractivity (Wildman–Crippen MR) is 181 cm³/mol. The summed E-state index contributed by atoms with van der Waals surface area (Å²) in [6.45, 7) is -1.15. The highest BCUT2D eigenvalue weighted by molar-refractivity contribution is 7.99. The predicted octanol–water partition coefficient (Wildman–Crippen LogP) is 8.77. The normalized spacial score (nSPS) is 18.2. The zero-order valence-corrected chi connectivity index (χ0v) is 27.6. The average Bonchev–Trinajstić information content (AvgIpc) is 3.39. The summed E-state index contributed by atoms with van der Waals surface area (Å²) >= 11 is 1.54. The van der Waals surface area contributed by atoms with Gasteiger partial charge in [-0.25, -0.2) is 0 Å². The molecule has 0 saturated carbocycles. The van der Waals surface area contributed by atoms with Crippen molar-refractivity contribution >= 4 is 23.6 Å². The van der Waals surface area contributed by atoms with Crippen LogP contribution in [0.25, 0.3) is 22.3 Å². The molecule has 1 aliphatic heterocycles. The summed E-state index contributed by atoms with van der Waals surface area (Å²) in [6.07, 6.45) is -6.82. The second-order valence-electron chi connectivity index (χ2n) is 12.4. The number of rotatable bonds is 10. The van der Waals surface area contributed by atoms with Gasteiger partial charge in [-0.05, 0) is 70.8 Å². The first-order valence-corrected chi connectivity index (χ1v) is 17.3. The van der Waals surface area contributed by atoms with E-state index >= 15 is 0 Å². The van der Waals surface area contributed by atoms with Gasteiger partial charge in [0.2, 0.25) is 5.91 Å². The lowest BCUT2D eigenvalue weighted by Gasteiger charge is -2.32. The minimum absolute atomic E-state index is 0.166. The number of unbranched alkanes of at least 4 members (excludes halogenated alkanes) is 1. The molecule has 5 nitrogen and oxygen atoms in total. The molecule has 1 saturated heterocycles. The maximum atomic E-state index is 13.7. The molecule has 2 aliphatic rings. The van der Waals surface area contributed by atoms with Crippen LogP contribution in [0.15, 0.2) is 97.1 Å². The molecule has 0 bridgehead atoms. The monoisotopic (exact) mass is 712 g/mol. The fraction of sp³-hybridized carbons (Fsp3) is 0.316. The number of halogens is 6. The summed E-state index contributed by atoms with van der Waals surface area (Å²) < 4.78 is 84.7. The lowest BCUT2D eigenvalue weighted by molar-refractivity contribution is -0.141. The fourth-order valence-corrected chi connectivity index (χ4v) is 7.95. The number of carbonyl (C=O) groups is 2. The summed E-state index contributed by atoms with van der Waals surface area (Å²) in [5.74, 6) is -0.461. The molecule has 0 aromatic heterocycles. The SMILES string of the molecule is O=C(N[C@@H]1CO[C@H](CCCCC2(C(=O)NCC(F)(F)F)c3ccccc3-c3ccccc32)SC1)c1ccccc1-c1ccc(C(F)(F)F)cc1. The summed E-state index contributed by atoms with van der Waals surface area (Å²) in [5, 5.41) is 5.14. The van der Waals surface area contributed by atoms with Crippen molar-refractivity contribution in [2.24, 2.45) is 0 Å². The van der Waals surface area contributed by atoms with Gasteiger partial charge in [0.05, 0.1) is 18.2 Å². The van der Waals surface area contributed by atoms with Crippen molar-refractivity contribution < 1.29 is 40.7 Å². The number of thioether (sulfide) groups is 1. The van der Waals surface area contributed by atoms with Crippen LogP contribution in [0, 0.1) is 0 Å². The Bertz CT molecular complexity index is 1790. The van der Waals surface area contributed by atoms with E-state index in [-0.39, 0.29) is 24.0 Å². The van der Waals surface area contributed by atoms with Crippen LogP contribution in [-0.4, -0.2) is 48.4 Å². The van der Waals surface area contributed by atoms with Crippen molar-refractivity contribution in [1.29, 1.82) is 0 Å². The third-order valence-corrected chi connectivity index (χ3v) is 10.5. The molecule has 1 heterocycles. The number of hydrogen-bond donors (Lipinski definition) is 2. The Morgan fingerprint density at radius 3 is 1.96 bits per heavy atom. The van der Waals surface area contributed by atoms with E-state index in [4.69, 9.17) is 4.74 Å². The van der Waals surface area contributed by atoms with Gasteiger partial charge >= 0.3 is 12.4 Å². The largest absolute Gasteiger partial charge is 0.416 e. The molecule has 12 heteroatoms. The van der Waals surface area contributed by atoms with Crippen molar-refractivity contribution in [1.82, 2.24) is 10.6 Å². The summed E-state index contributed by atoms with van der Waals surface area (Å²) in [5.41, 5.74) is 2.21. The number of fused-ring (bicyclic) bond motifs is 3. The number of nitrogens with one attached hydrogen (secondary N) is 2. The highest BCUT2D eigenvalue weighted by atomic mass is 32.2. The van der Waals surface area contributed by atoms with Gasteiger partial charge in [0.25, 0.3) is 5.91 Å². The second kappa shape index (κ2) is 14.5. The van der Waals surface area contributed by atoms with Crippen molar-refractivity contribution in [3.63, 3.8) is 0 Å². The molecule has 262 valence electrons. The van der Waals surface area contributed by atoms with Gasteiger partial charge in [-0.1, -0.05) is 85.3 Å². The zero-order chi connectivity index (χ0) is 35.5. The van der Waals surface area contributed by atoms with E-state index in [1.807, 2.05) is 36.4 Å². The first-order chi connectivity index (χ1) is 23.9. The molecule has 0 unspecified atom stereocenters. The van der Waals surface area contributed by atoms with E-state index in [9.17, 15) is 35.9 Å². The van der Waals surface area contributed by atoms with Crippen LogP contribution in [0.4, 0.5) is 26.3 Å². The van der Waals surface area contributed by atoms with Crippen LogP contribution in [-0.2, 0) is 21.1 Å². The molecule has 50 heavy (non-hydrogen) atoms. The molecule has 1 aliphatic carbocycles. The summed E-state index contributed by atoms with van der Waals surface area (Å²) in [6, 6.07) is 25.8. The van der Waals surface area contributed by atoms with E-state index in [1.165, 1.54) is 12.1 Å². The van der Waals surface area contributed by atoms with Gasteiger partial charge < -0.3 is 15.4 Å². The van der Waals surface area contributed by atoms with E-state index in [1.54, 1.807) is 48.2 Å². The number of alkyl halides is 6. The number of ether oxygens (including phenoxy) is 1. The van der Waals surface area contributed by atoms with Gasteiger partial charge in [-0.15, -0.1) is 11.8 Å². The molecule has 0 radical (unpaired) electrons. The van der Waals surface area contributed by atoms with Crippen molar-refractivity contribution in [2.75, 3.05) is 18.9 Å². The van der Waals surface area contributed by atoms with E-state index in [0.717, 1.165) is 23.3 Å². The van der Waals surface area contributed by atoms with Gasteiger partial charge in [0, 0.05) is 11.3 Å². The molecule has 4 aromatic carbocycles. The Labute approximate surface area is 289 Å². The fourth-order valence-electron chi connectivity index (χ4n) is 6.81. The molecule has 2 N–H and O–H groups in total. The van der Waals surface area contributed by atoms with Gasteiger partial charge in [-0.3, -0.25) is 9.59 Å². The van der Waals surface area contributed by atoms with Gasteiger partial charge in [0.15, 0.2) is 0 Å². The van der Waals surface area contributed by atoms with Crippen LogP contribution in [0.3, 0.4) is 0 Å². The van der Waals surface area contributed by atoms with Gasteiger partial charge in [-0.2, -0.15) is 26.3 Å². The topological polar surface area (TPSA) is 67.4 Å². The first kappa shape index (κ1) is 35.5. The van der Waals surface area contributed by atoms with E-state index < -0.39 is 35.8 Å². The lowest BCUT2D eigenvalue weighted by Crippen LogP contribution is -2.47. The summed E-state index contributed by atoms with van der Waals surface area (Å²) in [7, 11) is 0. The zero-order valence-electron chi connectivity index (χ0n) is 26.7. The van der Waals surface area contributed by atoms with Crippen LogP contribution in [0.1, 0.15) is 52.7 Å². The van der Waals surface area contributed by atoms with E-state index in [0.29, 0.717) is 59.3 Å². The number of hydrogen-bond acceptors (Lipinski definition) is 4. The maximum Gasteiger partial charge on any atom is 0.416 e. The molecule has 6 rings (SSSR count). The van der Waals surface area contributed by atoms with Crippen LogP contribution >= 0.6 is 11.8 Å². The Balaban J connectivity index is 1.05. The third-order valence-electron chi connectivity index (χ3n) is 9.14. The Kier molecular flexibility index (Phi) is 10.3. The molecule has 2 atom stereocenters.